The lowest BCUT2D eigenvalue weighted by molar-refractivity contribution is 0.0696. The molecule has 1 saturated carbocycles. The normalized spacial score (nSPS) is 23.5. The van der Waals surface area contributed by atoms with E-state index in [4.69, 9.17) is 9.47 Å². The molecule has 4 rings (SSSR count). The van der Waals surface area contributed by atoms with Crippen LogP contribution in [-0.4, -0.2) is 25.3 Å². The molecule has 1 fully saturated rings. The van der Waals surface area contributed by atoms with Crippen LogP contribution in [0.2, 0.25) is 0 Å². The van der Waals surface area contributed by atoms with Crippen LogP contribution >= 0.6 is 0 Å². The van der Waals surface area contributed by atoms with Crippen LogP contribution < -0.4 is 14.8 Å². The first-order valence-electron chi connectivity index (χ1n) is 8.98. The van der Waals surface area contributed by atoms with E-state index < -0.39 is 5.97 Å². The number of nitrogens with one attached hydrogen (secondary N) is 1. The number of methoxy groups -OCH3 is 2. The molecule has 2 aromatic rings. The quantitative estimate of drug-likeness (QED) is 0.850. The highest BCUT2D eigenvalue weighted by atomic mass is 16.5. The van der Waals surface area contributed by atoms with Crippen molar-refractivity contribution in [1.82, 2.24) is 0 Å². The Kier molecular flexibility index (Phi) is 4.23. The van der Waals surface area contributed by atoms with Gasteiger partial charge in [0.25, 0.3) is 0 Å². The summed E-state index contributed by atoms with van der Waals surface area (Å²) in [5.74, 6) is 1.51. The summed E-state index contributed by atoms with van der Waals surface area (Å²) in [4.78, 5) is 11.3. The van der Waals surface area contributed by atoms with E-state index in [1.165, 1.54) is 18.4 Å². The van der Waals surface area contributed by atoms with Crippen molar-refractivity contribution in [3.8, 4) is 11.5 Å². The minimum absolute atomic E-state index is 0.112. The van der Waals surface area contributed by atoms with Gasteiger partial charge in [-0.1, -0.05) is 12.5 Å². The van der Waals surface area contributed by atoms with Gasteiger partial charge in [0, 0.05) is 11.3 Å². The summed E-state index contributed by atoms with van der Waals surface area (Å²) in [7, 11) is 3.29. The van der Waals surface area contributed by atoms with Crippen LogP contribution in [0.25, 0.3) is 0 Å². The lowest BCUT2D eigenvalue weighted by Gasteiger charge is -2.38. The van der Waals surface area contributed by atoms with E-state index in [0.717, 1.165) is 23.4 Å². The van der Waals surface area contributed by atoms with Gasteiger partial charge >= 0.3 is 5.97 Å². The van der Waals surface area contributed by atoms with Gasteiger partial charge < -0.3 is 19.9 Å². The summed E-state index contributed by atoms with van der Waals surface area (Å²) in [5.41, 5.74) is 3.72. The summed E-state index contributed by atoms with van der Waals surface area (Å²) < 4.78 is 10.9. The number of hydrogen-bond donors (Lipinski definition) is 2. The second-order valence-corrected chi connectivity index (χ2v) is 7.04. The molecule has 0 aromatic heterocycles. The Morgan fingerprint density at radius 1 is 1.08 bits per heavy atom. The van der Waals surface area contributed by atoms with E-state index in [1.54, 1.807) is 26.4 Å². The smallest absolute Gasteiger partial charge is 0.335 e. The van der Waals surface area contributed by atoms with E-state index in [9.17, 15) is 9.90 Å². The Bertz CT molecular complexity index is 848. The average molecular weight is 353 g/mol. The van der Waals surface area contributed by atoms with Gasteiger partial charge in [-0.15, -0.1) is 0 Å². The molecule has 3 atom stereocenters. The Hall–Kier alpha value is -2.69. The highest BCUT2D eigenvalue weighted by Gasteiger charge is 2.41. The van der Waals surface area contributed by atoms with Crippen molar-refractivity contribution in [3.05, 3.63) is 53.1 Å². The molecule has 26 heavy (non-hydrogen) atoms. The molecule has 0 saturated heterocycles. The Morgan fingerprint density at radius 3 is 2.65 bits per heavy atom. The number of carboxylic acid groups (broad SMARTS) is 1. The van der Waals surface area contributed by atoms with Gasteiger partial charge in [0.15, 0.2) is 0 Å². The number of ether oxygens (including phenoxy) is 2. The minimum atomic E-state index is -0.942. The highest BCUT2D eigenvalue weighted by molar-refractivity contribution is 5.88. The van der Waals surface area contributed by atoms with Crippen LogP contribution in [0.15, 0.2) is 36.4 Å². The van der Waals surface area contributed by atoms with Crippen molar-refractivity contribution in [2.45, 2.75) is 31.2 Å². The fourth-order valence-electron chi connectivity index (χ4n) is 4.56. The average Bonchev–Trinajstić information content (AvgIpc) is 3.16. The number of fused-ring (bicyclic) bond motifs is 3. The number of aromatic carboxylic acids is 1. The molecule has 5 nitrogen and oxygen atoms in total. The van der Waals surface area contributed by atoms with Crippen LogP contribution in [0.4, 0.5) is 5.69 Å². The van der Waals surface area contributed by atoms with E-state index in [1.807, 2.05) is 12.1 Å². The zero-order valence-electron chi connectivity index (χ0n) is 15.0. The Labute approximate surface area is 152 Å². The van der Waals surface area contributed by atoms with Crippen molar-refractivity contribution in [1.29, 1.82) is 0 Å². The van der Waals surface area contributed by atoms with Crippen molar-refractivity contribution in [3.63, 3.8) is 0 Å². The molecule has 0 amide bonds. The topological polar surface area (TPSA) is 67.8 Å². The first-order chi connectivity index (χ1) is 12.6. The highest BCUT2D eigenvalue weighted by Crippen LogP contribution is 2.54. The number of anilines is 1. The molecule has 1 aliphatic heterocycles. The minimum Gasteiger partial charge on any atom is -0.497 e. The summed E-state index contributed by atoms with van der Waals surface area (Å²) >= 11 is 0. The number of rotatable bonds is 4. The maximum Gasteiger partial charge on any atom is 0.335 e. The third-order valence-electron chi connectivity index (χ3n) is 5.78. The van der Waals surface area contributed by atoms with Gasteiger partial charge in [-0.25, -0.2) is 4.79 Å². The summed E-state index contributed by atoms with van der Waals surface area (Å²) in [6.07, 6.45) is 3.50. The maximum atomic E-state index is 11.3. The van der Waals surface area contributed by atoms with Gasteiger partial charge in [-0.2, -0.15) is 0 Å². The first kappa shape index (κ1) is 16.8. The summed E-state index contributed by atoms with van der Waals surface area (Å²) in [6, 6.07) is 11.5. The monoisotopic (exact) mass is 353 g/mol. The molecule has 1 heterocycles. The van der Waals surface area contributed by atoms with Crippen molar-refractivity contribution in [2.75, 3.05) is 19.5 Å². The van der Waals surface area contributed by atoms with Crippen LogP contribution in [0, 0.1) is 5.92 Å². The van der Waals surface area contributed by atoms with E-state index in [0.29, 0.717) is 17.6 Å². The number of benzene rings is 2. The first-order valence-corrected chi connectivity index (χ1v) is 8.98. The molecule has 136 valence electrons. The summed E-state index contributed by atoms with van der Waals surface area (Å²) in [5, 5.41) is 12.9. The molecule has 0 bridgehead atoms. The molecule has 2 aliphatic rings. The largest absolute Gasteiger partial charge is 0.497 e. The van der Waals surface area contributed by atoms with Crippen molar-refractivity contribution < 1.29 is 19.4 Å². The van der Waals surface area contributed by atoms with Gasteiger partial charge in [0.1, 0.15) is 11.5 Å². The lowest BCUT2D eigenvalue weighted by Crippen LogP contribution is -2.29. The molecule has 0 spiro atoms. The van der Waals surface area contributed by atoms with Gasteiger partial charge in [-0.3, -0.25) is 0 Å². The van der Waals surface area contributed by atoms with Crippen molar-refractivity contribution >= 4 is 11.7 Å². The molecule has 1 aliphatic carbocycles. The third kappa shape index (κ3) is 2.68. The summed E-state index contributed by atoms with van der Waals surface area (Å²) in [6.45, 7) is 0. The number of hydrogen-bond acceptors (Lipinski definition) is 4. The fourth-order valence-corrected chi connectivity index (χ4v) is 4.56. The van der Waals surface area contributed by atoms with E-state index >= 15 is 0 Å². The van der Waals surface area contributed by atoms with Crippen LogP contribution in [0.3, 0.4) is 0 Å². The number of carbonyl (C=O) groups is 1. The zero-order chi connectivity index (χ0) is 18.3. The molecule has 5 heteroatoms. The van der Waals surface area contributed by atoms with Crippen LogP contribution in [-0.2, 0) is 0 Å². The van der Waals surface area contributed by atoms with Crippen LogP contribution in [0.5, 0.6) is 11.5 Å². The van der Waals surface area contributed by atoms with E-state index in [-0.39, 0.29) is 11.6 Å². The van der Waals surface area contributed by atoms with Gasteiger partial charge in [0.05, 0.1) is 25.8 Å². The zero-order valence-corrected chi connectivity index (χ0v) is 15.0. The molecule has 0 unspecified atom stereocenters. The van der Waals surface area contributed by atoms with Gasteiger partial charge in [0.2, 0.25) is 0 Å². The Balaban J connectivity index is 1.77. The fraction of sp³-hybridized carbons (Fsp3) is 0.381. The number of carboxylic acids is 1. The second kappa shape index (κ2) is 6.56. The molecular formula is C21H23NO4. The molecule has 2 N–H and O–H groups in total. The SMILES string of the molecule is COc1ccc2c(c1)[C@@H]1CCC[C@@H]1[C@H](c1ccc(C(=O)O)cc1OC)N2. The second-order valence-electron chi connectivity index (χ2n) is 7.04. The molecule has 2 aromatic carbocycles. The predicted molar refractivity (Wildman–Crippen MR) is 99.4 cm³/mol. The third-order valence-corrected chi connectivity index (χ3v) is 5.78. The Morgan fingerprint density at radius 2 is 1.92 bits per heavy atom. The molecular weight excluding hydrogens is 330 g/mol. The standard InChI is InChI=1S/C21H23NO4/c1-25-13-7-9-18-17(11-13)14-4-3-5-15(14)20(22-18)16-8-6-12(21(23)24)10-19(16)26-2/h6-11,14-15,20,22H,3-5H2,1-2H3,(H,23,24)/t14-,15+,20-/m1/s1. The van der Waals surface area contributed by atoms with Crippen LogP contribution in [0.1, 0.15) is 52.7 Å². The van der Waals surface area contributed by atoms with Gasteiger partial charge in [-0.05, 0) is 60.6 Å². The van der Waals surface area contributed by atoms with E-state index in [2.05, 4.69) is 17.4 Å². The lowest BCUT2D eigenvalue weighted by atomic mass is 9.77. The predicted octanol–water partition coefficient (Wildman–Crippen LogP) is 4.45. The van der Waals surface area contributed by atoms with Crippen molar-refractivity contribution in [2.24, 2.45) is 5.92 Å². The maximum absolute atomic E-state index is 11.3. The molecule has 0 radical (unpaired) electrons.